The van der Waals surface area contributed by atoms with Crippen LogP contribution < -0.4 is 11.1 Å². The number of benzene rings is 1. The Labute approximate surface area is 113 Å². The van der Waals surface area contributed by atoms with E-state index in [0.717, 1.165) is 11.1 Å². The third-order valence-corrected chi connectivity index (χ3v) is 3.65. The van der Waals surface area contributed by atoms with Gasteiger partial charge in [-0.25, -0.2) is 4.98 Å². The molecule has 0 saturated heterocycles. The summed E-state index contributed by atoms with van der Waals surface area (Å²) in [5.74, 6) is 0.143. The number of nitrogens with one attached hydrogen (secondary N) is 1. The molecule has 2 heterocycles. The van der Waals surface area contributed by atoms with Gasteiger partial charge in [-0.1, -0.05) is 0 Å². The molecule has 3 N–H and O–H groups in total. The first-order valence-electron chi connectivity index (χ1n) is 5.72. The fourth-order valence-electron chi connectivity index (χ4n) is 1.84. The van der Waals surface area contributed by atoms with Crippen LogP contribution in [0.3, 0.4) is 0 Å². The maximum Gasteiger partial charge on any atom is 0.255 e. The van der Waals surface area contributed by atoms with Crippen molar-refractivity contribution < 1.29 is 4.79 Å². The van der Waals surface area contributed by atoms with E-state index < -0.39 is 0 Å². The van der Waals surface area contributed by atoms with Crippen LogP contribution in [0, 0.1) is 0 Å². The first-order valence-corrected chi connectivity index (χ1v) is 6.60. The summed E-state index contributed by atoms with van der Waals surface area (Å²) < 4.78 is 1.20. The smallest absolute Gasteiger partial charge is 0.255 e. The van der Waals surface area contributed by atoms with E-state index >= 15 is 0 Å². The zero-order valence-corrected chi connectivity index (χ0v) is 10.8. The predicted molar refractivity (Wildman–Crippen MR) is 78.4 cm³/mol. The van der Waals surface area contributed by atoms with E-state index in [4.69, 9.17) is 5.73 Å². The van der Waals surface area contributed by atoms with Crippen LogP contribution in [0.4, 0.5) is 11.5 Å². The lowest BCUT2D eigenvalue weighted by atomic mass is 10.2. The molecule has 2 aromatic heterocycles. The van der Waals surface area contributed by atoms with Crippen molar-refractivity contribution in [3.63, 3.8) is 0 Å². The normalized spacial score (nSPS) is 10.5. The molecule has 4 nitrogen and oxygen atoms in total. The molecule has 3 rings (SSSR count). The summed E-state index contributed by atoms with van der Waals surface area (Å²) in [4.78, 5) is 15.9. The topological polar surface area (TPSA) is 68.0 Å². The molecule has 94 valence electrons. The number of amides is 1. The molecule has 1 amide bonds. The Hall–Kier alpha value is -2.40. The third kappa shape index (κ3) is 2.41. The van der Waals surface area contributed by atoms with Gasteiger partial charge in [0.05, 0.1) is 0 Å². The standard InChI is InChI=1S/C14H11N3OS/c15-13-8-10(3-5-16-13)14(18)17-11-1-2-12-9(7-11)4-6-19-12/h1-8H,(H2,15,16)(H,17,18). The van der Waals surface area contributed by atoms with Crippen LogP contribution in [0.5, 0.6) is 0 Å². The molecular formula is C14H11N3OS. The van der Waals surface area contributed by atoms with Crippen LogP contribution in [0.2, 0.25) is 0 Å². The minimum atomic E-state index is -0.191. The summed E-state index contributed by atoms with van der Waals surface area (Å²) in [5, 5.41) is 6.00. The molecule has 0 aliphatic heterocycles. The van der Waals surface area contributed by atoms with Crippen molar-refractivity contribution in [2.24, 2.45) is 0 Å². The highest BCUT2D eigenvalue weighted by atomic mass is 32.1. The molecule has 19 heavy (non-hydrogen) atoms. The summed E-state index contributed by atoms with van der Waals surface area (Å²) in [5.41, 5.74) is 6.83. The van der Waals surface area contributed by atoms with Gasteiger partial charge < -0.3 is 11.1 Å². The van der Waals surface area contributed by atoms with Crippen molar-refractivity contribution in [2.75, 3.05) is 11.1 Å². The highest BCUT2D eigenvalue weighted by Gasteiger charge is 2.07. The zero-order chi connectivity index (χ0) is 13.2. The Kier molecular flexibility index (Phi) is 2.89. The molecule has 1 aromatic carbocycles. The second-order valence-corrected chi connectivity index (χ2v) is 5.04. The van der Waals surface area contributed by atoms with E-state index in [1.54, 1.807) is 23.5 Å². The SMILES string of the molecule is Nc1cc(C(=O)Nc2ccc3sccc3c2)ccn1. The van der Waals surface area contributed by atoms with Crippen LogP contribution in [0.15, 0.2) is 48.0 Å². The van der Waals surface area contributed by atoms with Crippen molar-refractivity contribution >= 4 is 38.8 Å². The molecule has 0 saturated carbocycles. The maximum absolute atomic E-state index is 12.0. The lowest BCUT2D eigenvalue weighted by Crippen LogP contribution is -2.12. The minimum absolute atomic E-state index is 0.191. The molecule has 0 aliphatic rings. The van der Waals surface area contributed by atoms with Gasteiger partial charge in [-0.15, -0.1) is 11.3 Å². The van der Waals surface area contributed by atoms with Gasteiger partial charge in [0.15, 0.2) is 0 Å². The van der Waals surface area contributed by atoms with Crippen molar-refractivity contribution in [3.8, 4) is 0 Å². The Morgan fingerprint density at radius 1 is 1.21 bits per heavy atom. The number of rotatable bonds is 2. The van der Waals surface area contributed by atoms with E-state index in [1.165, 1.54) is 10.9 Å². The number of fused-ring (bicyclic) bond motifs is 1. The Morgan fingerprint density at radius 2 is 2.11 bits per heavy atom. The highest BCUT2D eigenvalue weighted by Crippen LogP contribution is 2.24. The van der Waals surface area contributed by atoms with Gasteiger partial charge in [0.1, 0.15) is 5.82 Å². The quantitative estimate of drug-likeness (QED) is 0.751. The summed E-state index contributed by atoms with van der Waals surface area (Å²) in [6.45, 7) is 0. The molecule has 0 aliphatic carbocycles. The Morgan fingerprint density at radius 3 is 2.95 bits per heavy atom. The van der Waals surface area contributed by atoms with Crippen LogP contribution in [-0.2, 0) is 0 Å². The number of anilines is 2. The second-order valence-electron chi connectivity index (χ2n) is 4.10. The monoisotopic (exact) mass is 269 g/mol. The van der Waals surface area contributed by atoms with Gasteiger partial charge in [-0.2, -0.15) is 0 Å². The third-order valence-electron chi connectivity index (χ3n) is 2.75. The largest absolute Gasteiger partial charge is 0.384 e. The summed E-state index contributed by atoms with van der Waals surface area (Å²) >= 11 is 1.68. The van der Waals surface area contributed by atoms with Crippen molar-refractivity contribution in [3.05, 3.63) is 53.5 Å². The number of hydrogen-bond acceptors (Lipinski definition) is 4. The molecule has 5 heteroatoms. The number of nitrogen functional groups attached to an aromatic ring is 1. The molecule has 0 unspecified atom stereocenters. The first kappa shape index (κ1) is 11.7. The number of nitrogens with two attached hydrogens (primary N) is 1. The number of nitrogens with zero attached hydrogens (tertiary/aromatic N) is 1. The van der Waals surface area contributed by atoms with Crippen LogP contribution in [-0.4, -0.2) is 10.9 Å². The number of hydrogen-bond donors (Lipinski definition) is 2. The van der Waals surface area contributed by atoms with Crippen molar-refractivity contribution in [2.45, 2.75) is 0 Å². The molecule has 0 radical (unpaired) electrons. The van der Waals surface area contributed by atoms with E-state index in [2.05, 4.69) is 10.3 Å². The van der Waals surface area contributed by atoms with Crippen molar-refractivity contribution in [1.29, 1.82) is 0 Å². The lowest BCUT2D eigenvalue weighted by Gasteiger charge is -2.05. The minimum Gasteiger partial charge on any atom is -0.384 e. The summed E-state index contributed by atoms with van der Waals surface area (Å²) in [6.07, 6.45) is 1.52. The number of carbonyl (C=O) groups excluding carboxylic acids is 1. The van der Waals surface area contributed by atoms with Gasteiger partial charge in [-0.05, 0) is 47.2 Å². The average Bonchev–Trinajstić information content (AvgIpc) is 2.86. The number of aromatic nitrogens is 1. The lowest BCUT2D eigenvalue weighted by molar-refractivity contribution is 0.102. The van der Waals surface area contributed by atoms with Gasteiger partial charge in [0.2, 0.25) is 0 Å². The Bertz CT molecular complexity index is 751. The predicted octanol–water partition coefficient (Wildman–Crippen LogP) is 3.13. The number of carbonyl (C=O) groups is 1. The fraction of sp³-hybridized carbons (Fsp3) is 0. The molecule has 0 fully saturated rings. The second kappa shape index (κ2) is 4.70. The molecule has 0 atom stereocenters. The van der Waals surface area contributed by atoms with Crippen LogP contribution in [0.25, 0.3) is 10.1 Å². The molecule has 0 spiro atoms. The van der Waals surface area contributed by atoms with E-state index in [9.17, 15) is 4.79 Å². The molecule has 0 bridgehead atoms. The average molecular weight is 269 g/mol. The van der Waals surface area contributed by atoms with Crippen LogP contribution in [0.1, 0.15) is 10.4 Å². The molecule has 3 aromatic rings. The van der Waals surface area contributed by atoms with Gasteiger partial charge in [-0.3, -0.25) is 4.79 Å². The Balaban J connectivity index is 1.86. The van der Waals surface area contributed by atoms with E-state index in [-0.39, 0.29) is 5.91 Å². The van der Waals surface area contributed by atoms with Gasteiger partial charge in [0.25, 0.3) is 5.91 Å². The highest BCUT2D eigenvalue weighted by molar-refractivity contribution is 7.17. The number of pyridine rings is 1. The van der Waals surface area contributed by atoms with Gasteiger partial charge in [0, 0.05) is 22.1 Å². The summed E-state index contributed by atoms with van der Waals surface area (Å²) in [7, 11) is 0. The summed E-state index contributed by atoms with van der Waals surface area (Å²) in [6, 6.07) is 11.1. The van der Waals surface area contributed by atoms with Crippen LogP contribution >= 0.6 is 11.3 Å². The molecular weight excluding hydrogens is 258 g/mol. The number of thiophene rings is 1. The van der Waals surface area contributed by atoms with E-state index in [1.807, 2.05) is 29.6 Å². The van der Waals surface area contributed by atoms with Gasteiger partial charge >= 0.3 is 0 Å². The fourth-order valence-corrected chi connectivity index (χ4v) is 2.61. The maximum atomic E-state index is 12.0. The zero-order valence-electron chi connectivity index (χ0n) is 9.96. The van der Waals surface area contributed by atoms with E-state index in [0.29, 0.717) is 11.4 Å². The van der Waals surface area contributed by atoms with Crippen molar-refractivity contribution in [1.82, 2.24) is 4.98 Å². The first-order chi connectivity index (χ1) is 9.22.